The first-order chi connectivity index (χ1) is 13.3. The van der Waals surface area contributed by atoms with Crippen LogP contribution in [0.25, 0.3) is 0 Å². The van der Waals surface area contributed by atoms with Gasteiger partial charge in [0.1, 0.15) is 5.82 Å². The first kappa shape index (κ1) is 21.8. The number of rotatable bonds is 9. The van der Waals surface area contributed by atoms with Crippen molar-refractivity contribution in [3.63, 3.8) is 0 Å². The van der Waals surface area contributed by atoms with Gasteiger partial charge in [0.05, 0.1) is 18.6 Å². The van der Waals surface area contributed by atoms with Crippen molar-refractivity contribution in [2.24, 2.45) is 0 Å². The lowest BCUT2D eigenvalue weighted by Crippen LogP contribution is -2.44. The molecule has 0 saturated carbocycles. The maximum atomic E-state index is 14.7. The van der Waals surface area contributed by atoms with E-state index in [1.807, 2.05) is 6.92 Å². The van der Waals surface area contributed by atoms with E-state index < -0.39 is 23.0 Å². The van der Waals surface area contributed by atoms with Crippen molar-refractivity contribution in [2.75, 3.05) is 33.4 Å². The zero-order valence-electron chi connectivity index (χ0n) is 16.7. The van der Waals surface area contributed by atoms with Gasteiger partial charge in [-0.1, -0.05) is 30.4 Å². The third-order valence-electron chi connectivity index (χ3n) is 4.97. The molecule has 0 bridgehead atoms. The molecule has 0 radical (unpaired) electrons. The molecule has 1 aliphatic rings. The van der Waals surface area contributed by atoms with Crippen LogP contribution in [-0.2, 0) is 24.5 Å². The van der Waals surface area contributed by atoms with Gasteiger partial charge < -0.3 is 9.64 Å². The summed E-state index contributed by atoms with van der Waals surface area (Å²) in [6.45, 7) is 8.47. The number of amides is 3. The Balaban J connectivity index is 2.46. The number of imide groups is 1. The van der Waals surface area contributed by atoms with Crippen LogP contribution in [0.2, 0.25) is 0 Å². The maximum absolute atomic E-state index is 14.7. The van der Waals surface area contributed by atoms with Crippen molar-refractivity contribution in [2.45, 2.75) is 32.1 Å². The van der Waals surface area contributed by atoms with Gasteiger partial charge in [-0.05, 0) is 19.9 Å². The van der Waals surface area contributed by atoms with E-state index in [0.717, 1.165) is 10.5 Å². The fourth-order valence-corrected chi connectivity index (χ4v) is 3.57. The largest absolute Gasteiger partial charge is 0.383 e. The second kappa shape index (κ2) is 9.10. The van der Waals surface area contributed by atoms with E-state index in [1.165, 1.54) is 25.3 Å². The lowest BCUT2D eigenvalue weighted by Gasteiger charge is -2.30. The van der Waals surface area contributed by atoms with Gasteiger partial charge in [0, 0.05) is 38.6 Å². The van der Waals surface area contributed by atoms with Crippen LogP contribution >= 0.6 is 0 Å². The van der Waals surface area contributed by atoms with E-state index in [0.29, 0.717) is 13.1 Å². The number of likely N-dealkylation sites (N-methyl/N-ethyl adjacent to an activating group) is 1. The molecule has 1 heterocycles. The van der Waals surface area contributed by atoms with E-state index in [2.05, 4.69) is 6.58 Å². The number of methoxy groups -OCH3 is 1. The zero-order chi connectivity index (χ0) is 20.9. The van der Waals surface area contributed by atoms with E-state index in [9.17, 15) is 18.8 Å². The molecule has 0 N–H and O–H groups in total. The van der Waals surface area contributed by atoms with Crippen LogP contribution in [0.5, 0.6) is 0 Å². The molecule has 0 aliphatic carbocycles. The first-order valence-electron chi connectivity index (χ1n) is 9.27. The predicted octanol–water partition coefficient (Wildman–Crippen LogP) is 2.28. The Morgan fingerprint density at radius 2 is 2.04 bits per heavy atom. The summed E-state index contributed by atoms with van der Waals surface area (Å²) in [5, 5.41) is 0. The lowest BCUT2D eigenvalue weighted by atomic mass is 9.75. The highest BCUT2D eigenvalue weighted by Gasteiger charge is 2.54. The third-order valence-corrected chi connectivity index (χ3v) is 4.97. The number of ether oxygens (including phenoxy) is 1. The average Bonchev–Trinajstić information content (AvgIpc) is 2.88. The van der Waals surface area contributed by atoms with Crippen molar-refractivity contribution in [3.05, 3.63) is 47.8 Å². The zero-order valence-corrected chi connectivity index (χ0v) is 16.7. The Hall–Kier alpha value is -2.54. The Morgan fingerprint density at radius 3 is 2.61 bits per heavy atom. The summed E-state index contributed by atoms with van der Waals surface area (Å²) in [5.74, 6) is -1.91. The molecule has 1 unspecified atom stereocenters. The number of halogens is 1. The van der Waals surface area contributed by atoms with Gasteiger partial charge in [-0.25, -0.2) is 4.39 Å². The molecule has 152 valence electrons. The fraction of sp³-hybridized carbons (Fsp3) is 0.476. The van der Waals surface area contributed by atoms with E-state index >= 15 is 0 Å². The van der Waals surface area contributed by atoms with E-state index in [1.54, 1.807) is 17.9 Å². The van der Waals surface area contributed by atoms with Crippen LogP contribution in [0.1, 0.15) is 32.3 Å². The molecule has 0 spiro atoms. The molecule has 3 amide bonds. The molecular formula is C21H27FN2O4. The molecule has 28 heavy (non-hydrogen) atoms. The number of hydrogen-bond donors (Lipinski definition) is 0. The van der Waals surface area contributed by atoms with Crippen LogP contribution in [-0.4, -0.2) is 60.9 Å². The van der Waals surface area contributed by atoms with E-state index in [-0.39, 0.29) is 37.5 Å². The molecule has 1 saturated heterocycles. The monoisotopic (exact) mass is 390 g/mol. The second-order valence-corrected chi connectivity index (χ2v) is 7.12. The van der Waals surface area contributed by atoms with Crippen molar-refractivity contribution >= 4 is 17.7 Å². The molecule has 1 atom stereocenters. The van der Waals surface area contributed by atoms with Crippen molar-refractivity contribution in [3.8, 4) is 0 Å². The lowest BCUT2D eigenvalue weighted by molar-refractivity contribution is -0.143. The number of likely N-dealkylation sites (tertiary alicyclic amines) is 1. The van der Waals surface area contributed by atoms with Crippen LogP contribution in [0.4, 0.5) is 4.39 Å². The topological polar surface area (TPSA) is 66.9 Å². The van der Waals surface area contributed by atoms with Crippen LogP contribution in [0.3, 0.4) is 0 Å². The summed E-state index contributed by atoms with van der Waals surface area (Å²) in [6.07, 6.45) is -0.518. The molecule has 2 rings (SSSR count). The van der Waals surface area contributed by atoms with Gasteiger partial charge in [-0.3, -0.25) is 19.3 Å². The first-order valence-corrected chi connectivity index (χ1v) is 9.27. The molecule has 1 aliphatic heterocycles. The summed E-state index contributed by atoms with van der Waals surface area (Å²) in [6, 6.07) is 5.83. The third kappa shape index (κ3) is 4.30. The van der Waals surface area contributed by atoms with Crippen LogP contribution < -0.4 is 0 Å². The van der Waals surface area contributed by atoms with Gasteiger partial charge in [-0.2, -0.15) is 0 Å². The predicted molar refractivity (Wildman–Crippen MR) is 103 cm³/mol. The fourth-order valence-electron chi connectivity index (χ4n) is 3.57. The number of hydrogen-bond acceptors (Lipinski definition) is 4. The Bertz CT molecular complexity index is 779. The van der Waals surface area contributed by atoms with Gasteiger partial charge in [0.25, 0.3) is 0 Å². The minimum atomic E-state index is -1.55. The van der Waals surface area contributed by atoms with Gasteiger partial charge in [-0.15, -0.1) is 0 Å². The molecule has 1 aromatic carbocycles. The van der Waals surface area contributed by atoms with Crippen LogP contribution in [0.15, 0.2) is 36.4 Å². The Morgan fingerprint density at radius 1 is 1.36 bits per heavy atom. The summed E-state index contributed by atoms with van der Waals surface area (Å²) < 4.78 is 19.6. The SMILES string of the molecule is C=C(C)CN(CC)C(=O)CC1(c2ccccc2F)CC(=O)N(CCOC)C1=O. The van der Waals surface area contributed by atoms with Crippen molar-refractivity contribution in [1.29, 1.82) is 0 Å². The maximum Gasteiger partial charge on any atom is 0.241 e. The Kier molecular flexibility index (Phi) is 7.07. The number of carbonyl (C=O) groups is 3. The summed E-state index contributed by atoms with van der Waals surface area (Å²) in [7, 11) is 1.47. The van der Waals surface area contributed by atoms with Gasteiger partial charge >= 0.3 is 0 Å². The quantitative estimate of drug-likeness (QED) is 0.479. The minimum absolute atomic E-state index is 0.0712. The molecule has 0 aromatic heterocycles. The standard InChI is InChI=1S/C21H27FN2O4/c1-5-23(14-15(2)3)18(25)12-21(16-8-6-7-9-17(16)22)13-19(26)24(20(21)27)10-11-28-4/h6-9H,2,5,10-14H2,1,3-4H3. The Labute approximate surface area is 164 Å². The van der Waals surface area contributed by atoms with Crippen LogP contribution in [0, 0.1) is 5.82 Å². The highest BCUT2D eigenvalue weighted by molar-refractivity contribution is 6.10. The molecule has 7 heteroatoms. The molecule has 6 nitrogen and oxygen atoms in total. The summed E-state index contributed by atoms with van der Waals surface area (Å²) in [5.41, 5.74) is -0.672. The second-order valence-electron chi connectivity index (χ2n) is 7.12. The highest BCUT2D eigenvalue weighted by Crippen LogP contribution is 2.41. The smallest absolute Gasteiger partial charge is 0.241 e. The number of benzene rings is 1. The molecule has 1 fully saturated rings. The minimum Gasteiger partial charge on any atom is -0.383 e. The van der Waals surface area contributed by atoms with E-state index in [4.69, 9.17) is 4.74 Å². The van der Waals surface area contributed by atoms with Crippen molar-refractivity contribution < 1.29 is 23.5 Å². The summed E-state index contributed by atoms with van der Waals surface area (Å²) in [4.78, 5) is 41.4. The normalized spacial score (nSPS) is 19.2. The average molecular weight is 390 g/mol. The highest BCUT2D eigenvalue weighted by atomic mass is 19.1. The molecular weight excluding hydrogens is 363 g/mol. The van der Waals surface area contributed by atoms with Crippen molar-refractivity contribution in [1.82, 2.24) is 9.80 Å². The van der Waals surface area contributed by atoms with Gasteiger partial charge in [0.15, 0.2) is 0 Å². The summed E-state index contributed by atoms with van der Waals surface area (Å²) >= 11 is 0. The number of carbonyl (C=O) groups excluding carboxylic acids is 3. The number of nitrogens with zero attached hydrogens (tertiary/aromatic N) is 2. The molecule has 1 aromatic rings. The van der Waals surface area contributed by atoms with Gasteiger partial charge in [0.2, 0.25) is 17.7 Å².